The normalized spacial score (nSPS) is 12.0. The molecule has 1 N–H and O–H groups in total. The fourth-order valence-electron chi connectivity index (χ4n) is 6.39. The molecule has 1 radical (unpaired) electrons. The molecule has 5 heteroatoms. The van der Waals surface area contributed by atoms with Gasteiger partial charge in [0.1, 0.15) is 5.58 Å². The summed E-state index contributed by atoms with van der Waals surface area (Å²) in [7, 11) is 0. The second-order valence-electron chi connectivity index (χ2n) is 14.4. The number of carbonyl (C=O) groups is 1. The van der Waals surface area contributed by atoms with Crippen LogP contribution in [0.1, 0.15) is 99.1 Å². The van der Waals surface area contributed by atoms with Crippen molar-refractivity contribution >= 4 is 27.5 Å². The molecule has 0 saturated carbocycles. The van der Waals surface area contributed by atoms with Crippen molar-refractivity contribution in [3.63, 3.8) is 0 Å². The number of aromatic nitrogens is 1. The molecule has 0 fully saturated rings. The molecular weight excluding hydrogens is 783 g/mol. The fourth-order valence-corrected chi connectivity index (χ4v) is 6.39. The summed E-state index contributed by atoms with van der Waals surface area (Å²) >= 11 is 0. The number of ketones is 1. The molecular formula is C44H54IrNO3-. The van der Waals surface area contributed by atoms with E-state index in [1.807, 2.05) is 40.2 Å². The van der Waals surface area contributed by atoms with Crippen molar-refractivity contribution in [3.8, 4) is 22.4 Å². The number of hydrogen-bond acceptors (Lipinski definition) is 4. The van der Waals surface area contributed by atoms with Gasteiger partial charge in [0.05, 0.1) is 12.0 Å². The van der Waals surface area contributed by atoms with Gasteiger partial charge in [-0.1, -0.05) is 110 Å². The van der Waals surface area contributed by atoms with Gasteiger partial charge in [0.2, 0.25) is 0 Å². The van der Waals surface area contributed by atoms with Gasteiger partial charge >= 0.3 is 0 Å². The van der Waals surface area contributed by atoms with Crippen molar-refractivity contribution in [2.24, 2.45) is 17.8 Å². The number of hydrogen-bond donors (Lipinski definition) is 1. The molecule has 0 spiro atoms. The molecule has 49 heavy (non-hydrogen) atoms. The summed E-state index contributed by atoms with van der Waals surface area (Å²) in [4.78, 5) is 16.4. The van der Waals surface area contributed by atoms with Crippen molar-refractivity contribution in [1.29, 1.82) is 0 Å². The molecule has 0 bridgehead atoms. The van der Waals surface area contributed by atoms with Crippen molar-refractivity contribution in [3.05, 3.63) is 102 Å². The first-order chi connectivity index (χ1) is 22.9. The zero-order chi connectivity index (χ0) is 35.0. The van der Waals surface area contributed by atoms with Gasteiger partial charge in [-0.05, 0) is 72.3 Å². The molecule has 4 nitrogen and oxygen atoms in total. The smallest absolute Gasteiger partial charge is 0.162 e. The van der Waals surface area contributed by atoms with Crippen LogP contribution in [0.3, 0.4) is 0 Å². The van der Waals surface area contributed by atoms with Gasteiger partial charge in [0.25, 0.3) is 0 Å². The minimum absolute atomic E-state index is 0. The third kappa shape index (κ3) is 10.0. The summed E-state index contributed by atoms with van der Waals surface area (Å²) in [5.74, 6) is 1.15. The molecule has 0 amide bonds. The zero-order valence-corrected chi connectivity index (χ0v) is 33.2. The topological polar surface area (TPSA) is 63.3 Å². The maximum absolute atomic E-state index is 11.7. The van der Waals surface area contributed by atoms with Crippen molar-refractivity contribution < 1.29 is 34.4 Å². The average Bonchev–Trinajstić information content (AvgIpc) is 3.46. The van der Waals surface area contributed by atoms with E-state index in [2.05, 4.69) is 101 Å². The van der Waals surface area contributed by atoms with Crippen molar-refractivity contribution in [2.75, 3.05) is 0 Å². The second kappa shape index (κ2) is 17.9. The van der Waals surface area contributed by atoms with E-state index in [0.717, 1.165) is 65.5 Å². The Morgan fingerprint density at radius 1 is 0.878 bits per heavy atom. The summed E-state index contributed by atoms with van der Waals surface area (Å²) in [5, 5.41) is 13.3. The summed E-state index contributed by atoms with van der Waals surface area (Å²) in [6.45, 7) is 19.3. The predicted molar refractivity (Wildman–Crippen MR) is 202 cm³/mol. The first-order valence-electron chi connectivity index (χ1n) is 17.8. The minimum atomic E-state index is 0. The van der Waals surface area contributed by atoms with E-state index in [4.69, 9.17) is 9.40 Å². The quantitative estimate of drug-likeness (QED) is 0.0818. The molecule has 0 atom stereocenters. The van der Waals surface area contributed by atoms with E-state index in [9.17, 15) is 9.90 Å². The van der Waals surface area contributed by atoms with Crippen LogP contribution in [0.5, 0.6) is 0 Å². The molecule has 2 aromatic heterocycles. The van der Waals surface area contributed by atoms with Crippen LogP contribution >= 0.6 is 0 Å². The third-order valence-electron chi connectivity index (χ3n) is 9.32. The Bertz CT molecular complexity index is 1850. The Morgan fingerprint density at radius 2 is 1.53 bits per heavy atom. The largest absolute Gasteiger partial charge is 0.512 e. The predicted octanol–water partition coefficient (Wildman–Crippen LogP) is 12.5. The van der Waals surface area contributed by atoms with Gasteiger partial charge in [0, 0.05) is 55.3 Å². The number of allylic oxidation sites excluding steroid dienone is 2. The van der Waals surface area contributed by atoms with Crippen LogP contribution in [0.2, 0.25) is 0 Å². The minimum Gasteiger partial charge on any atom is -0.512 e. The van der Waals surface area contributed by atoms with Gasteiger partial charge in [-0.2, -0.15) is 0 Å². The summed E-state index contributed by atoms with van der Waals surface area (Å²) < 4.78 is 5.91. The van der Waals surface area contributed by atoms with Crippen LogP contribution < -0.4 is 0 Å². The average molecular weight is 837 g/mol. The van der Waals surface area contributed by atoms with E-state index in [1.165, 1.54) is 28.0 Å². The van der Waals surface area contributed by atoms with Crippen LogP contribution in [0.4, 0.5) is 0 Å². The van der Waals surface area contributed by atoms with E-state index in [-0.39, 0.29) is 48.9 Å². The number of aliphatic hydroxyl groups is 1. The molecule has 5 aromatic rings. The standard InChI is InChI=1S/C31H30NO.C13H24O2.Ir/c1-20(2)14-25-19-33-30-18-21(10-11-27(25)30)22-12-13-32-29(17-22)24-15-23-8-6-7-9-26(23)28(16-24)31(3,4)5;1-5-10(6-2)12(14)9-13(15)11(7-3)8-4;/h6-13,16-20H,14H2,1-5H3;9-11,14H,5-8H2,1-4H3;/q-1;;/b;12-9-;. The number of benzene rings is 3. The number of pyridine rings is 1. The Kier molecular flexibility index (Phi) is 14.6. The van der Waals surface area contributed by atoms with Gasteiger partial charge in [0.15, 0.2) is 5.78 Å². The van der Waals surface area contributed by atoms with Crippen LogP contribution in [0, 0.1) is 23.8 Å². The van der Waals surface area contributed by atoms with Gasteiger partial charge in [-0.15, -0.1) is 29.1 Å². The van der Waals surface area contributed by atoms with E-state index in [1.54, 1.807) is 0 Å². The SMILES string of the molecule is CC(C)Cc1coc2cc(-c3ccnc(-c4[c-]c5ccccc5c(C(C)(C)C)c4)c3)ccc12.CCC(CC)C(=O)/C=C(\O)C(CC)CC.[Ir]. The molecule has 0 unspecified atom stereocenters. The monoisotopic (exact) mass is 837 g/mol. The number of carbonyl (C=O) groups excluding carboxylic acids is 1. The van der Waals surface area contributed by atoms with Crippen LogP contribution in [-0.2, 0) is 36.7 Å². The third-order valence-corrected chi connectivity index (χ3v) is 9.32. The number of furan rings is 1. The molecule has 0 saturated heterocycles. The zero-order valence-electron chi connectivity index (χ0n) is 30.8. The summed E-state index contributed by atoms with van der Waals surface area (Å²) in [6.07, 6.45) is 9.73. The Hall–Kier alpha value is -3.53. The number of rotatable bonds is 11. The Balaban J connectivity index is 0.000000347. The number of aliphatic hydroxyl groups excluding tert-OH is 1. The second-order valence-corrected chi connectivity index (χ2v) is 14.4. The Labute approximate surface area is 307 Å². The van der Waals surface area contributed by atoms with Gasteiger partial charge in [-0.25, -0.2) is 0 Å². The number of nitrogens with zero attached hydrogens (tertiary/aromatic N) is 1. The van der Waals surface area contributed by atoms with Crippen LogP contribution in [-0.4, -0.2) is 15.9 Å². The molecule has 2 heterocycles. The van der Waals surface area contributed by atoms with E-state index in [0.29, 0.717) is 5.92 Å². The summed E-state index contributed by atoms with van der Waals surface area (Å²) in [6, 6.07) is 25.1. The molecule has 0 aliphatic rings. The molecule has 5 rings (SSSR count). The van der Waals surface area contributed by atoms with Crippen molar-refractivity contribution in [1.82, 2.24) is 4.98 Å². The maximum atomic E-state index is 11.7. The first-order valence-corrected chi connectivity index (χ1v) is 17.8. The van der Waals surface area contributed by atoms with Crippen molar-refractivity contribution in [2.45, 2.75) is 99.8 Å². The van der Waals surface area contributed by atoms with Crippen LogP contribution in [0.25, 0.3) is 44.1 Å². The molecule has 263 valence electrons. The molecule has 3 aromatic carbocycles. The fraction of sp³-hybridized carbons (Fsp3) is 0.409. The molecule has 0 aliphatic heterocycles. The molecule has 0 aliphatic carbocycles. The number of fused-ring (bicyclic) bond motifs is 2. The van der Waals surface area contributed by atoms with Gasteiger partial charge < -0.3 is 9.52 Å². The van der Waals surface area contributed by atoms with Crippen LogP contribution in [0.15, 0.2) is 89.4 Å². The Morgan fingerprint density at radius 3 is 2.16 bits per heavy atom. The maximum Gasteiger partial charge on any atom is 0.162 e. The van der Waals surface area contributed by atoms with Gasteiger partial charge in [-0.3, -0.25) is 9.78 Å². The summed E-state index contributed by atoms with van der Waals surface area (Å²) in [5.41, 5.74) is 7.78. The first kappa shape index (κ1) is 39.9. The van der Waals surface area contributed by atoms with E-state index >= 15 is 0 Å². The van der Waals surface area contributed by atoms with E-state index < -0.39 is 0 Å².